The van der Waals surface area contributed by atoms with Gasteiger partial charge in [0.2, 0.25) is 0 Å². The van der Waals surface area contributed by atoms with Gasteiger partial charge in [0.05, 0.1) is 0 Å². The van der Waals surface area contributed by atoms with Crippen LogP contribution < -0.4 is 10.0 Å². The monoisotopic (exact) mass is 333 g/mol. The molecule has 2 N–H and O–H groups in total. The van der Waals surface area contributed by atoms with Crippen molar-refractivity contribution in [3.05, 3.63) is 21.9 Å². The lowest BCUT2D eigenvalue weighted by Gasteiger charge is -2.17. The maximum atomic E-state index is 12.1. The van der Waals surface area contributed by atoms with Gasteiger partial charge in [-0.3, -0.25) is 0 Å². The predicted octanol–water partition coefficient (Wildman–Crippen LogP) is 1.97. The van der Waals surface area contributed by atoms with Crippen LogP contribution in [0.3, 0.4) is 0 Å². The number of aryl methyl sites for hydroxylation is 1. The van der Waals surface area contributed by atoms with Gasteiger partial charge in [-0.15, -0.1) is 11.3 Å². The Bertz CT molecular complexity index is 500. The van der Waals surface area contributed by atoms with Crippen LogP contribution in [0.1, 0.15) is 36.4 Å². The van der Waals surface area contributed by atoms with Gasteiger partial charge in [0.25, 0.3) is 10.2 Å². The van der Waals surface area contributed by atoms with Crippen molar-refractivity contribution < 1.29 is 8.42 Å². The SMILES string of the molecule is CCCNCCCN(C)S(=O)(=O)NCc1ccc(CC)s1. The molecule has 0 unspecified atom stereocenters. The Morgan fingerprint density at radius 1 is 1.19 bits per heavy atom. The fourth-order valence-corrected chi connectivity index (χ4v) is 3.75. The van der Waals surface area contributed by atoms with Crippen molar-refractivity contribution in [1.82, 2.24) is 14.3 Å². The quantitative estimate of drug-likeness (QED) is 0.609. The summed E-state index contributed by atoms with van der Waals surface area (Å²) >= 11 is 1.66. The van der Waals surface area contributed by atoms with Crippen molar-refractivity contribution in [2.24, 2.45) is 0 Å². The van der Waals surface area contributed by atoms with E-state index in [4.69, 9.17) is 0 Å². The summed E-state index contributed by atoms with van der Waals surface area (Å²) in [4.78, 5) is 2.33. The van der Waals surface area contributed by atoms with E-state index >= 15 is 0 Å². The fourth-order valence-electron chi connectivity index (χ4n) is 1.83. The molecule has 0 fully saturated rings. The van der Waals surface area contributed by atoms with Gasteiger partial charge in [-0.1, -0.05) is 13.8 Å². The number of nitrogens with one attached hydrogen (secondary N) is 2. The van der Waals surface area contributed by atoms with Gasteiger partial charge in [-0.25, -0.2) is 0 Å². The third kappa shape index (κ3) is 6.88. The maximum absolute atomic E-state index is 12.1. The highest BCUT2D eigenvalue weighted by atomic mass is 32.2. The molecule has 21 heavy (non-hydrogen) atoms. The second-order valence-corrected chi connectivity index (χ2v) is 8.09. The minimum atomic E-state index is -3.39. The van der Waals surface area contributed by atoms with E-state index < -0.39 is 10.2 Å². The lowest BCUT2D eigenvalue weighted by atomic mass is 10.4. The second kappa shape index (κ2) is 9.53. The van der Waals surface area contributed by atoms with Crippen molar-refractivity contribution in [1.29, 1.82) is 0 Å². The van der Waals surface area contributed by atoms with Crippen LogP contribution in [0.25, 0.3) is 0 Å². The van der Waals surface area contributed by atoms with E-state index in [1.54, 1.807) is 18.4 Å². The standard InChI is InChI=1S/C14H27N3O2S2/c1-4-9-15-10-6-11-17(3)21(18,19)16-12-14-8-7-13(5-2)20-14/h7-8,15-16H,4-6,9-12H2,1-3H3. The van der Waals surface area contributed by atoms with E-state index in [2.05, 4.69) is 30.0 Å². The number of thiophene rings is 1. The summed E-state index contributed by atoms with van der Waals surface area (Å²) in [6.07, 6.45) is 2.90. The van der Waals surface area contributed by atoms with Crippen LogP contribution in [0.5, 0.6) is 0 Å². The first-order chi connectivity index (χ1) is 9.99. The summed E-state index contributed by atoms with van der Waals surface area (Å²) in [7, 11) is -1.77. The molecule has 1 heterocycles. The molecule has 0 atom stereocenters. The number of nitrogens with zero attached hydrogens (tertiary/aromatic N) is 1. The Labute approximate surface area is 132 Å². The Hall–Kier alpha value is -0.470. The van der Waals surface area contributed by atoms with Crippen LogP contribution in [0.4, 0.5) is 0 Å². The van der Waals surface area contributed by atoms with E-state index in [1.165, 1.54) is 9.18 Å². The van der Waals surface area contributed by atoms with E-state index in [-0.39, 0.29) is 0 Å². The van der Waals surface area contributed by atoms with Crippen molar-refractivity contribution in [2.75, 3.05) is 26.7 Å². The molecule has 1 rings (SSSR count). The lowest BCUT2D eigenvalue weighted by molar-refractivity contribution is 0.444. The third-order valence-electron chi connectivity index (χ3n) is 3.16. The van der Waals surface area contributed by atoms with Crippen LogP contribution in [-0.4, -0.2) is 39.4 Å². The van der Waals surface area contributed by atoms with Gasteiger partial charge in [-0.05, 0) is 44.5 Å². The first kappa shape index (κ1) is 18.6. The molecule has 0 saturated heterocycles. The molecular weight excluding hydrogens is 306 g/mol. The smallest absolute Gasteiger partial charge is 0.279 e. The van der Waals surface area contributed by atoms with Crippen molar-refractivity contribution in [3.8, 4) is 0 Å². The van der Waals surface area contributed by atoms with Gasteiger partial charge < -0.3 is 5.32 Å². The lowest BCUT2D eigenvalue weighted by Crippen LogP contribution is -2.38. The molecule has 0 aliphatic carbocycles. The molecule has 0 aromatic carbocycles. The van der Waals surface area contributed by atoms with Crippen LogP contribution >= 0.6 is 11.3 Å². The Morgan fingerprint density at radius 3 is 2.52 bits per heavy atom. The van der Waals surface area contributed by atoms with Gasteiger partial charge in [0.15, 0.2) is 0 Å². The zero-order chi connectivity index (χ0) is 15.7. The van der Waals surface area contributed by atoms with E-state index in [0.29, 0.717) is 13.1 Å². The summed E-state index contributed by atoms with van der Waals surface area (Å²) in [6, 6.07) is 4.04. The first-order valence-corrected chi connectivity index (χ1v) is 9.74. The summed E-state index contributed by atoms with van der Waals surface area (Å²) in [5, 5.41) is 3.27. The second-order valence-electron chi connectivity index (χ2n) is 4.97. The highest BCUT2D eigenvalue weighted by Crippen LogP contribution is 2.16. The first-order valence-electron chi connectivity index (χ1n) is 7.48. The van der Waals surface area contributed by atoms with Crippen LogP contribution in [0, 0.1) is 0 Å². The van der Waals surface area contributed by atoms with E-state index in [1.807, 2.05) is 6.07 Å². The van der Waals surface area contributed by atoms with Gasteiger partial charge in [0, 0.05) is 29.9 Å². The topological polar surface area (TPSA) is 61.4 Å². The molecule has 0 spiro atoms. The summed E-state index contributed by atoms with van der Waals surface area (Å²) in [5.41, 5.74) is 0. The van der Waals surface area contributed by atoms with Crippen molar-refractivity contribution in [3.63, 3.8) is 0 Å². The molecule has 0 aliphatic rings. The number of rotatable bonds is 11. The molecule has 5 nitrogen and oxygen atoms in total. The van der Waals surface area contributed by atoms with Crippen molar-refractivity contribution >= 4 is 21.5 Å². The molecule has 0 saturated carbocycles. The summed E-state index contributed by atoms with van der Waals surface area (Å²) < 4.78 is 28.2. The zero-order valence-corrected chi connectivity index (χ0v) is 14.8. The fraction of sp³-hybridized carbons (Fsp3) is 0.714. The summed E-state index contributed by atoms with van der Waals surface area (Å²) in [6.45, 7) is 6.93. The molecule has 0 aliphatic heterocycles. The molecule has 0 amide bonds. The highest BCUT2D eigenvalue weighted by molar-refractivity contribution is 7.87. The van der Waals surface area contributed by atoms with E-state index in [9.17, 15) is 8.42 Å². The zero-order valence-electron chi connectivity index (χ0n) is 13.2. The Morgan fingerprint density at radius 2 is 1.90 bits per heavy atom. The summed E-state index contributed by atoms with van der Waals surface area (Å²) in [5.74, 6) is 0. The molecule has 1 aromatic rings. The molecule has 7 heteroatoms. The Balaban J connectivity index is 2.34. The average molecular weight is 334 g/mol. The molecule has 0 bridgehead atoms. The minimum Gasteiger partial charge on any atom is -0.317 e. The number of hydrogen-bond acceptors (Lipinski definition) is 4. The van der Waals surface area contributed by atoms with Crippen LogP contribution in [0.2, 0.25) is 0 Å². The van der Waals surface area contributed by atoms with Crippen LogP contribution in [0.15, 0.2) is 12.1 Å². The number of hydrogen-bond donors (Lipinski definition) is 2. The van der Waals surface area contributed by atoms with Crippen LogP contribution in [-0.2, 0) is 23.2 Å². The minimum absolute atomic E-state index is 0.366. The van der Waals surface area contributed by atoms with Crippen molar-refractivity contribution in [2.45, 2.75) is 39.7 Å². The Kier molecular flexibility index (Phi) is 8.43. The largest absolute Gasteiger partial charge is 0.317 e. The average Bonchev–Trinajstić information content (AvgIpc) is 2.93. The predicted molar refractivity (Wildman–Crippen MR) is 89.9 cm³/mol. The normalized spacial score (nSPS) is 12.2. The van der Waals surface area contributed by atoms with Gasteiger partial charge in [-0.2, -0.15) is 17.4 Å². The highest BCUT2D eigenvalue weighted by Gasteiger charge is 2.16. The van der Waals surface area contributed by atoms with Gasteiger partial charge in [0.1, 0.15) is 0 Å². The molecule has 122 valence electrons. The third-order valence-corrected chi connectivity index (χ3v) is 5.90. The van der Waals surface area contributed by atoms with E-state index in [0.717, 1.165) is 37.2 Å². The molecule has 1 aromatic heterocycles. The maximum Gasteiger partial charge on any atom is 0.279 e. The van der Waals surface area contributed by atoms with Gasteiger partial charge >= 0.3 is 0 Å². The molecule has 0 radical (unpaired) electrons. The molecular formula is C14H27N3O2S2.